The quantitative estimate of drug-likeness (QED) is 0.0879. The first-order valence-electron chi connectivity index (χ1n) is 15.2. The highest BCUT2D eigenvalue weighted by Crippen LogP contribution is 2.14. The summed E-state index contributed by atoms with van der Waals surface area (Å²) in [5, 5.41) is 0. The number of aryl methyl sites for hydroxylation is 2. The molecule has 0 amide bonds. The summed E-state index contributed by atoms with van der Waals surface area (Å²) < 4.78 is 22.6. The minimum atomic E-state index is -0.577. The fraction of sp³-hybridized carbons (Fsp3) is 0.588. The van der Waals surface area contributed by atoms with E-state index in [1.807, 2.05) is 13.8 Å². The zero-order valence-corrected chi connectivity index (χ0v) is 25.1. The number of carbonyl (C=O) groups is 2. The van der Waals surface area contributed by atoms with Crippen LogP contribution in [0.2, 0.25) is 0 Å². The molecule has 6 nitrogen and oxygen atoms in total. The monoisotopic (exact) mass is 554 g/mol. The van der Waals surface area contributed by atoms with Gasteiger partial charge in [0, 0.05) is 25.7 Å². The van der Waals surface area contributed by atoms with Crippen molar-refractivity contribution in [1.82, 2.24) is 0 Å². The van der Waals surface area contributed by atoms with Gasteiger partial charge >= 0.3 is 11.9 Å². The Morgan fingerprint density at radius 2 is 0.900 bits per heavy atom. The zero-order valence-electron chi connectivity index (χ0n) is 25.1. The molecule has 0 spiro atoms. The molecule has 2 aromatic rings. The third-order valence-electron chi connectivity index (χ3n) is 6.76. The number of esters is 2. The molecule has 0 saturated carbocycles. The molecular formula is C34H50O6. The van der Waals surface area contributed by atoms with E-state index in [0.29, 0.717) is 38.9 Å². The zero-order chi connectivity index (χ0) is 29.0. The minimum absolute atomic E-state index is 0.237. The number of hydrogen-bond acceptors (Lipinski definition) is 6. The van der Waals surface area contributed by atoms with Crippen molar-refractivity contribution in [3.63, 3.8) is 0 Å². The normalized spacial score (nSPS) is 12.6. The van der Waals surface area contributed by atoms with Crippen molar-refractivity contribution < 1.29 is 28.5 Å². The van der Waals surface area contributed by atoms with Crippen LogP contribution in [0.1, 0.15) is 114 Å². The number of rotatable bonds is 21. The van der Waals surface area contributed by atoms with Gasteiger partial charge in [0.15, 0.2) is 0 Å². The van der Waals surface area contributed by atoms with E-state index in [9.17, 15) is 9.59 Å². The van der Waals surface area contributed by atoms with Gasteiger partial charge in [0.25, 0.3) is 0 Å². The lowest BCUT2D eigenvalue weighted by atomic mass is 10.1. The molecule has 0 aliphatic rings. The highest BCUT2D eigenvalue weighted by Gasteiger charge is 2.15. The van der Waals surface area contributed by atoms with Gasteiger partial charge in [0.1, 0.15) is 0 Å². The fourth-order valence-corrected chi connectivity index (χ4v) is 4.16. The third kappa shape index (κ3) is 14.1. The van der Waals surface area contributed by atoms with E-state index in [4.69, 9.17) is 18.9 Å². The van der Waals surface area contributed by atoms with Gasteiger partial charge < -0.3 is 18.9 Å². The maximum atomic E-state index is 12.3. The summed E-state index contributed by atoms with van der Waals surface area (Å²) in [5.74, 6) is -0.628. The van der Waals surface area contributed by atoms with Crippen molar-refractivity contribution in [2.24, 2.45) is 0 Å². The molecule has 0 N–H and O–H groups in total. The van der Waals surface area contributed by atoms with Crippen LogP contribution in [0.3, 0.4) is 0 Å². The predicted molar refractivity (Wildman–Crippen MR) is 158 cm³/mol. The molecule has 0 bridgehead atoms. The maximum absolute atomic E-state index is 12.3. The number of unbranched alkanes of at least 4 members (excludes halogenated alkanes) is 3. The fourth-order valence-electron chi connectivity index (χ4n) is 4.16. The predicted octanol–water partition coefficient (Wildman–Crippen LogP) is 8.22. The van der Waals surface area contributed by atoms with E-state index in [1.165, 1.54) is 36.8 Å². The van der Waals surface area contributed by atoms with Crippen molar-refractivity contribution in [2.45, 2.75) is 131 Å². The van der Waals surface area contributed by atoms with Crippen LogP contribution in [0.25, 0.3) is 0 Å². The number of benzene rings is 2. The van der Waals surface area contributed by atoms with Gasteiger partial charge in [-0.25, -0.2) is 0 Å². The van der Waals surface area contributed by atoms with Crippen molar-refractivity contribution in [3.8, 4) is 0 Å². The Balaban J connectivity index is 1.60. The number of carbonyl (C=O) groups excluding carboxylic acids is 2. The summed E-state index contributed by atoms with van der Waals surface area (Å²) in [4.78, 5) is 24.6. The first kappa shape index (κ1) is 33.5. The largest absolute Gasteiger partial charge is 0.436 e. The standard InChI is InChI=1S/C34H50O6/c1-5-9-13-27-17-21-29(22-18-27)25-37-33(7-3)39-31(35)15-11-12-16-32(36)40-34(8-4)38-26-30-23-19-28(20-24-30)14-10-6-2/h17-24,33-34H,5-16,25-26H2,1-4H3. The molecule has 6 heteroatoms. The summed E-state index contributed by atoms with van der Waals surface area (Å²) >= 11 is 0. The van der Waals surface area contributed by atoms with Gasteiger partial charge in [-0.05, 0) is 60.8 Å². The lowest BCUT2D eigenvalue weighted by molar-refractivity contribution is -0.184. The molecule has 0 fully saturated rings. The van der Waals surface area contributed by atoms with E-state index in [1.54, 1.807) is 0 Å². The van der Waals surface area contributed by atoms with Crippen LogP contribution in [0.15, 0.2) is 48.5 Å². The van der Waals surface area contributed by atoms with E-state index < -0.39 is 12.6 Å². The van der Waals surface area contributed by atoms with Crippen molar-refractivity contribution in [2.75, 3.05) is 0 Å². The Morgan fingerprint density at radius 3 is 1.23 bits per heavy atom. The summed E-state index contributed by atoms with van der Waals surface area (Å²) in [7, 11) is 0. The molecule has 40 heavy (non-hydrogen) atoms. The van der Waals surface area contributed by atoms with Gasteiger partial charge in [0.2, 0.25) is 12.6 Å². The summed E-state index contributed by atoms with van der Waals surface area (Å²) in [5.41, 5.74) is 4.77. The lowest BCUT2D eigenvalue weighted by Gasteiger charge is -2.18. The molecule has 2 aromatic carbocycles. The van der Waals surface area contributed by atoms with E-state index in [-0.39, 0.29) is 24.8 Å². The Morgan fingerprint density at radius 1 is 0.550 bits per heavy atom. The Hall–Kier alpha value is -2.70. The lowest BCUT2D eigenvalue weighted by Crippen LogP contribution is -2.21. The Kier molecular flexibility index (Phi) is 16.9. The van der Waals surface area contributed by atoms with Gasteiger partial charge in [0.05, 0.1) is 13.2 Å². The molecule has 2 rings (SSSR count). The average Bonchev–Trinajstić information content (AvgIpc) is 2.98. The highest BCUT2D eigenvalue weighted by molar-refractivity contribution is 5.70. The molecule has 2 unspecified atom stereocenters. The van der Waals surface area contributed by atoms with Gasteiger partial charge in [-0.3, -0.25) is 9.59 Å². The van der Waals surface area contributed by atoms with Crippen LogP contribution >= 0.6 is 0 Å². The Bertz CT molecular complexity index is 874. The first-order valence-corrected chi connectivity index (χ1v) is 15.2. The second-order valence-electron chi connectivity index (χ2n) is 10.3. The summed E-state index contributed by atoms with van der Waals surface area (Å²) in [6.07, 6.45) is 8.49. The Labute approximate surface area is 241 Å². The van der Waals surface area contributed by atoms with Crippen LogP contribution in [-0.2, 0) is 54.6 Å². The smallest absolute Gasteiger partial charge is 0.308 e. The molecule has 2 atom stereocenters. The molecular weight excluding hydrogens is 504 g/mol. The molecule has 0 heterocycles. The van der Waals surface area contributed by atoms with Crippen molar-refractivity contribution >= 4 is 11.9 Å². The van der Waals surface area contributed by atoms with Crippen LogP contribution in [-0.4, -0.2) is 24.5 Å². The molecule has 0 saturated heterocycles. The van der Waals surface area contributed by atoms with Gasteiger partial charge in [-0.15, -0.1) is 0 Å². The second kappa shape index (κ2) is 20.2. The van der Waals surface area contributed by atoms with E-state index in [2.05, 4.69) is 62.4 Å². The number of hydrogen-bond donors (Lipinski definition) is 0. The minimum Gasteiger partial charge on any atom is -0.436 e. The molecule has 0 aliphatic carbocycles. The van der Waals surface area contributed by atoms with Gasteiger partial charge in [-0.2, -0.15) is 0 Å². The highest BCUT2D eigenvalue weighted by atomic mass is 16.7. The van der Waals surface area contributed by atoms with Crippen LogP contribution < -0.4 is 0 Å². The molecule has 0 aromatic heterocycles. The third-order valence-corrected chi connectivity index (χ3v) is 6.76. The molecule has 0 radical (unpaired) electrons. The van der Waals surface area contributed by atoms with Crippen molar-refractivity contribution in [3.05, 3.63) is 70.8 Å². The van der Waals surface area contributed by atoms with Gasteiger partial charge in [-0.1, -0.05) is 89.1 Å². The van der Waals surface area contributed by atoms with E-state index >= 15 is 0 Å². The maximum Gasteiger partial charge on any atom is 0.308 e. The number of ether oxygens (including phenoxy) is 4. The molecule has 0 aliphatic heterocycles. The van der Waals surface area contributed by atoms with Crippen LogP contribution in [0.5, 0.6) is 0 Å². The molecule has 222 valence electrons. The van der Waals surface area contributed by atoms with E-state index in [0.717, 1.165) is 24.0 Å². The first-order chi connectivity index (χ1) is 19.5. The summed E-state index contributed by atoms with van der Waals surface area (Å²) in [6.45, 7) is 9.04. The second-order valence-corrected chi connectivity index (χ2v) is 10.3. The topological polar surface area (TPSA) is 71.1 Å². The van der Waals surface area contributed by atoms with Crippen LogP contribution in [0.4, 0.5) is 0 Å². The summed E-state index contributed by atoms with van der Waals surface area (Å²) in [6, 6.07) is 16.8. The average molecular weight is 555 g/mol. The van der Waals surface area contributed by atoms with Crippen LogP contribution in [0, 0.1) is 0 Å². The SMILES string of the molecule is CCCCc1ccc(COC(CC)OC(=O)CCCCC(=O)OC(CC)OCc2ccc(CCCC)cc2)cc1. The van der Waals surface area contributed by atoms with Crippen molar-refractivity contribution in [1.29, 1.82) is 0 Å².